The average Bonchev–Trinajstić information content (AvgIpc) is 3.26. The lowest BCUT2D eigenvalue weighted by molar-refractivity contribution is -0.144. The first-order valence-electron chi connectivity index (χ1n) is 9.01. The zero-order valence-electron chi connectivity index (χ0n) is 13.9. The molecule has 5 atom stereocenters. The van der Waals surface area contributed by atoms with Crippen LogP contribution in [0, 0.1) is 23.7 Å². The average molecular weight is 336 g/mol. The number of amides is 3. The third-order valence-electron chi connectivity index (χ3n) is 6.37. The number of nitrogens with one attached hydrogen (secondary N) is 1. The van der Waals surface area contributed by atoms with Crippen molar-refractivity contribution in [1.29, 1.82) is 0 Å². The zero-order chi connectivity index (χ0) is 17.1. The molecule has 3 amide bonds. The van der Waals surface area contributed by atoms with E-state index >= 15 is 0 Å². The lowest BCUT2D eigenvalue weighted by Gasteiger charge is -2.30. The van der Waals surface area contributed by atoms with Crippen molar-refractivity contribution in [1.82, 2.24) is 10.2 Å². The van der Waals surface area contributed by atoms with Crippen LogP contribution in [0.25, 0.3) is 0 Å². The van der Waals surface area contributed by atoms with Crippen LogP contribution in [-0.2, 0) is 20.8 Å². The Bertz CT molecular complexity index is 785. The summed E-state index contributed by atoms with van der Waals surface area (Å²) in [6, 6.07) is 8.23. The monoisotopic (exact) mass is 336 g/mol. The van der Waals surface area contributed by atoms with Gasteiger partial charge in [-0.1, -0.05) is 36.4 Å². The van der Waals surface area contributed by atoms with Gasteiger partial charge in [0.05, 0.1) is 11.8 Å². The Hall–Kier alpha value is -2.43. The van der Waals surface area contributed by atoms with E-state index in [1.165, 1.54) is 16.0 Å². The van der Waals surface area contributed by atoms with Gasteiger partial charge in [-0.25, -0.2) is 0 Å². The molecule has 1 aromatic rings. The van der Waals surface area contributed by atoms with E-state index in [0.717, 1.165) is 12.8 Å². The second-order valence-electron chi connectivity index (χ2n) is 7.67. The molecule has 5 rings (SSSR count). The van der Waals surface area contributed by atoms with Crippen molar-refractivity contribution in [2.24, 2.45) is 23.7 Å². The fourth-order valence-electron chi connectivity index (χ4n) is 5.10. The quantitative estimate of drug-likeness (QED) is 0.665. The summed E-state index contributed by atoms with van der Waals surface area (Å²) in [7, 11) is 0. The van der Waals surface area contributed by atoms with Crippen LogP contribution >= 0.6 is 0 Å². The van der Waals surface area contributed by atoms with E-state index in [1.807, 2.05) is 12.1 Å². The number of benzene rings is 1. The van der Waals surface area contributed by atoms with Gasteiger partial charge in [0.2, 0.25) is 17.7 Å². The second-order valence-corrected chi connectivity index (χ2v) is 7.67. The van der Waals surface area contributed by atoms with E-state index in [9.17, 15) is 14.4 Å². The smallest absolute Gasteiger partial charge is 0.240 e. The van der Waals surface area contributed by atoms with Crippen LogP contribution < -0.4 is 5.32 Å². The molecule has 128 valence electrons. The molecule has 0 unspecified atom stereocenters. The third kappa shape index (κ3) is 2.11. The predicted octanol–water partition coefficient (Wildman–Crippen LogP) is 1.25. The van der Waals surface area contributed by atoms with Crippen molar-refractivity contribution >= 4 is 17.7 Å². The highest BCUT2D eigenvalue weighted by Gasteiger charge is 2.59. The molecule has 4 aliphatic rings. The number of rotatable bonds is 4. The van der Waals surface area contributed by atoms with Gasteiger partial charge in [-0.2, -0.15) is 0 Å². The largest absolute Gasteiger partial charge is 0.354 e. The van der Waals surface area contributed by atoms with Crippen molar-refractivity contribution in [3.8, 4) is 0 Å². The van der Waals surface area contributed by atoms with E-state index in [1.54, 1.807) is 0 Å². The molecule has 0 radical (unpaired) electrons. The standard InChI is InChI=1S/C20H20N2O3/c23-16(21-9-14-7-11-3-1-2-4-15(11)14)10-22-19(24)17-12-5-6-13(8-12)18(17)20(22)25/h1-6,12-14,17-18H,7-10H2,(H,21,23)/t12-,13-,14+,17-,18+/m0/s1. The van der Waals surface area contributed by atoms with Gasteiger partial charge in [0, 0.05) is 12.5 Å². The van der Waals surface area contributed by atoms with E-state index in [2.05, 4.69) is 29.6 Å². The second kappa shape index (κ2) is 5.28. The molecular weight excluding hydrogens is 316 g/mol. The number of imide groups is 1. The first-order chi connectivity index (χ1) is 12.1. The SMILES string of the molecule is O=C(CN1C(=O)[C@@H]2[C@H](C1=O)[C@H]1C=C[C@H]2C1)NC[C@H]1Cc2ccccc21. The van der Waals surface area contributed by atoms with Crippen LogP contribution in [0.15, 0.2) is 36.4 Å². The van der Waals surface area contributed by atoms with Crippen LogP contribution in [0.2, 0.25) is 0 Å². The maximum absolute atomic E-state index is 12.6. The minimum absolute atomic E-state index is 0.140. The summed E-state index contributed by atoms with van der Waals surface area (Å²) in [5.74, 6) is -0.303. The lowest BCUT2D eigenvalue weighted by Crippen LogP contribution is -2.43. The van der Waals surface area contributed by atoms with Crippen molar-refractivity contribution in [2.45, 2.75) is 18.8 Å². The molecule has 2 bridgehead atoms. The van der Waals surface area contributed by atoms with Gasteiger partial charge in [-0.05, 0) is 35.8 Å². The number of allylic oxidation sites excluding steroid dienone is 2. The number of nitrogens with zero attached hydrogens (tertiary/aromatic N) is 1. The first kappa shape index (κ1) is 14.9. The molecule has 0 spiro atoms. The number of likely N-dealkylation sites (tertiary alicyclic amines) is 1. The summed E-state index contributed by atoms with van der Waals surface area (Å²) in [5.41, 5.74) is 2.62. The molecule has 0 aromatic heterocycles. The van der Waals surface area contributed by atoms with Crippen LogP contribution in [0.1, 0.15) is 23.5 Å². The molecule has 1 heterocycles. The molecule has 1 aliphatic heterocycles. The molecule has 1 aromatic carbocycles. The maximum atomic E-state index is 12.6. The molecule has 1 saturated heterocycles. The number of carbonyl (C=O) groups is 3. The van der Waals surface area contributed by atoms with Crippen LogP contribution in [0.4, 0.5) is 0 Å². The highest BCUT2D eigenvalue weighted by molar-refractivity contribution is 6.08. The van der Waals surface area contributed by atoms with Crippen LogP contribution in [0.3, 0.4) is 0 Å². The summed E-state index contributed by atoms with van der Waals surface area (Å²) in [5, 5.41) is 2.90. The van der Waals surface area contributed by atoms with Crippen molar-refractivity contribution < 1.29 is 14.4 Å². The topological polar surface area (TPSA) is 66.5 Å². The number of hydrogen-bond donors (Lipinski definition) is 1. The molecular formula is C20H20N2O3. The summed E-state index contributed by atoms with van der Waals surface area (Å²) in [6.45, 7) is 0.421. The normalized spacial score (nSPS) is 34.1. The number of carbonyl (C=O) groups excluding carboxylic acids is 3. The Kier molecular flexibility index (Phi) is 3.14. The minimum Gasteiger partial charge on any atom is -0.354 e. The summed E-state index contributed by atoms with van der Waals surface area (Å²) in [4.78, 5) is 38.6. The predicted molar refractivity (Wildman–Crippen MR) is 90.3 cm³/mol. The fraction of sp³-hybridized carbons (Fsp3) is 0.450. The first-order valence-corrected chi connectivity index (χ1v) is 9.01. The van der Waals surface area contributed by atoms with Gasteiger partial charge in [0.15, 0.2) is 0 Å². The molecule has 5 nitrogen and oxygen atoms in total. The van der Waals surface area contributed by atoms with Crippen LogP contribution in [-0.4, -0.2) is 35.7 Å². The molecule has 1 N–H and O–H groups in total. The van der Waals surface area contributed by atoms with Gasteiger partial charge in [-0.3, -0.25) is 19.3 Å². The van der Waals surface area contributed by atoms with Crippen molar-refractivity contribution in [3.63, 3.8) is 0 Å². The molecule has 1 saturated carbocycles. The van der Waals surface area contributed by atoms with E-state index < -0.39 is 0 Å². The molecule has 2 fully saturated rings. The van der Waals surface area contributed by atoms with Crippen LogP contribution in [0.5, 0.6) is 0 Å². The summed E-state index contributed by atoms with van der Waals surface area (Å²) in [6.07, 6.45) is 6.01. The molecule has 3 aliphatic carbocycles. The van der Waals surface area contributed by atoms with Gasteiger partial charge < -0.3 is 5.32 Å². The van der Waals surface area contributed by atoms with Gasteiger partial charge in [-0.15, -0.1) is 0 Å². The van der Waals surface area contributed by atoms with E-state index in [-0.39, 0.29) is 47.9 Å². The fourth-order valence-corrected chi connectivity index (χ4v) is 5.10. The zero-order valence-corrected chi connectivity index (χ0v) is 13.9. The summed E-state index contributed by atoms with van der Waals surface area (Å²) < 4.78 is 0. The minimum atomic E-state index is -0.244. The Labute approximate surface area is 146 Å². The highest BCUT2D eigenvalue weighted by atomic mass is 16.2. The van der Waals surface area contributed by atoms with E-state index in [4.69, 9.17) is 0 Å². The maximum Gasteiger partial charge on any atom is 0.240 e. The van der Waals surface area contributed by atoms with Crippen molar-refractivity contribution in [3.05, 3.63) is 47.5 Å². The summed E-state index contributed by atoms with van der Waals surface area (Å²) >= 11 is 0. The highest BCUT2D eigenvalue weighted by Crippen LogP contribution is 2.52. The van der Waals surface area contributed by atoms with Gasteiger partial charge in [0.1, 0.15) is 6.54 Å². The third-order valence-corrected chi connectivity index (χ3v) is 6.37. The van der Waals surface area contributed by atoms with Crippen molar-refractivity contribution in [2.75, 3.05) is 13.1 Å². The Morgan fingerprint density at radius 3 is 2.44 bits per heavy atom. The molecule has 5 heteroatoms. The number of hydrogen-bond acceptors (Lipinski definition) is 3. The Morgan fingerprint density at radius 2 is 1.76 bits per heavy atom. The van der Waals surface area contributed by atoms with Gasteiger partial charge in [0.25, 0.3) is 0 Å². The Morgan fingerprint density at radius 1 is 1.08 bits per heavy atom. The lowest BCUT2D eigenvalue weighted by atomic mass is 9.77. The molecule has 25 heavy (non-hydrogen) atoms. The number of fused-ring (bicyclic) bond motifs is 6. The Balaban J connectivity index is 1.20. The van der Waals surface area contributed by atoms with Gasteiger partial charge >= 0.3 is 0 Å². The van der Waals surface area contributed by atoms with E-state index in [0.29, 0.717) is 12.5 Å².